The van der Waals surface area contributed by atoms with Crippen LogP contribution < -0.4 is 42.1 Å². The van der Waals surface area contributed by atoms with Crippen LogP contribution in [0.4, 0.5) is 58.2 Å². The summed E-state index contributed by atoms with van der Waals surface area (Å²) in [5, 5.41) is 8.25. The Bertz CT molecular complexity index is 2860. The number of amides is 2. The summed E-state index contributed by atoms with van der Waals surface area (Å²) in [6.07, 6.45) is 12.1. The highest BCUT2D eigenvalue weighted by atomic mass is 19.3. The maximum atomic E-state index is 16.0. The molecule has 23 heteroatoms. The number of carbonyl (C=O) groups excluding carboxylic acids is 2. The quantitative estimate of drug-likeness (QED) is 0.0888. The van der Waals surface area contributed by atoms with Gasteiger partial charge in [0.25, 0.3) is 17.7 Å². The molecule has 19 nitrogen and oxygen atoms in total. The molecule has 3 aliphatic rings. The zero-order chi connectivity index (χ0) is 48.3. The summed E-state index contributed by atoms with van der Waals surface area (Å²) in [5.74, 6) is -6.94. The van der Waals surface area contributed by atoms with Gasteiger partial charge in [-0.1, -0.05) is 6.92 Å². The predicted octanol–water partition coefficient (Wildman–Crippen LogP) is 5.96. The summed E-state index contributed by atoms with van der Waals surface area (Å²) in [6, 6.07) is 7.95. The first-order valence-electron chi connectivity index (χ1n) is 22.6. The van der Waals surface area contributed by atoms with Crippen LogP contribution in [0.2, 0.25) is 0 Å². The van der Waals surface area contributed by atoms with Gasteiger partial charge in [0.1, 0.15) is 28.8 Å². The van der Waals surface area contributed by atoms with Crippen LogP contribution in [0.5, 0.6) is 0 Å². The molecule has 69 heavy (non-hydrogen) atoms. The van der Waals surface area contributed by atoms with Gasteiger partial charge in [-0.3, -0.25) is 14.6 Å². The van der Waals surface area contributed by atoms with E-state index in [0.717, 1.165) is 69.1 Å². The lowest BCUT2D eigenvalue weighted by atomic mass is 9.86. The van der Waals surface area contributed by atoms with Crippen molar-refractivity contribution in [2.24, 2.45) is 5.73 Å². The van der Waals surface area contributed by atoms with Crippen LogP contribution in [0, 0.1) is 11.6 Å². The standard InChI is InChI=1S/C46H49F4N17O2/c1-2-45(52)12-20-66(21-13-45)32-11-8-17-55-40(32)64-43(69)37-41(57-25-29(60-37)34-27(47)9-6-15-53-34)61-33-26-67(22-14-46(33,49)50)44-58-23-28(48)35(62-44)30-24-56-38(51)36(59-30)42(68)63-39-31(10-7-16-54-39)65-18-4-3-5-19-65/h6-11,15-17,23-25,33H,2-5,12-14,18-22,26,52H2,1H3,(H2,51,56)(H,57,61)(H,54,63,68)(H,55,64,69). The Morgan fingerprint density at radius 3 is 1.94 bits per heavy atom. The molecule has 1 unspecified atom stereocenters. The van der Waals surface area contributed by atoms with Crippen molar-refractivity contribution in [3.63, 3.8) is 0 Å². The summed E-state index contributed by atoms with van der Waals surface area (Å²) in [7, 11) is 0. The fourth-order valence-electron chi connectivity index (χ4n) is 8.62. The molecule has 6 aromatic rings. The van der Waals surface area contributed by atoms with E-state index in [1.54, 1.807) is 24.4 Å². The number of nitrogens with two attached hydrogens (primary N) is 2. The number of pyridine rings is 3. The number of piperidine rings is 3. The molecule has 7 N–H and O–H groups in total. The van der Waals surface area contributed by atoms with E-state index in [9.17, 15) is 9.59 Å². The van der Waals surface area contributed by atoms with Gasteiger partial charge in [0, 0.05) is 69.8 Å². The second-order valence-corrected chi connectivity index (χ2v) is 17.2. The van der Waals surface area contributed by atoms with Crippen molar-refractivity contribution in [2.45, 2.75) is 69.4 Å². The van der Waals surface area contributed by atoms with E-state index < -0.39 is 54.1 Å². The number of anilines is 7. The zero-order valence-electron chi connectivity index (χ0n) is 37.5. The summed E-state index contributed by atoms with van der Waals surface area (Å²) < 4.78 is 62.6. The number of nitrogen functional groups attached to an aromatic ring is 1. The van der Waals surface area contributed by atoms with Crippen LogP contribution in [-0.4, -0.2) is 113 Å². The lowest BCUT2D eigenvalue weighted by Crippen LogP contribution is -2.55. The van der Waals surface area contributed by atoms with E-state index in [-0.39, 0.29) is 64.0 Å². The molecule has 0 radical (unpaired) electrons. The minimum absolute atomic E-state index is 0.130. The highest BCUT2D eigenvalue weighted by Crippen LogP contribution is 2.35. The molecular weight excluding hydrogens is 899 g/mol. The molecule has 0 bridgehead atoms. The molecule has 9 heterocycles. The molecular formula is C46H49F4N17O2. The topological polar surface area (TPSA) is 248 Å². The Labute approximate surface area is 393 Å². The first-order valence-corrected chi connectivity index (χ1v) is 22.6. The molecule has 1 atom stereocenters. The van der Waals surface area contributed by atoms with E-state index in [4.69, 9.17) is 11.5 Å². The second kappa shape index (κ2) is 19.5. The third-order valence-corrected chi connectivity index (χ3v) is 12.7. The molecule has 6 aromatic heterocycles. The lowest BCUT2D eigenvalue weighted by molar-refractivity contribution is -0.0332. The molecule has 3 fully saturated rings. The summed E-state index contributed by atoms with van der Waals surface area (Å²) in [5.41, 5.74) is 12.0. The number of rotatable bonds is 12. The Morgan fingerprint density at radius 1 is 0.667 bits per heavy atom. The van der Waals surface area contributed by atoms with Crippen molar-refractivity contribution in [1.29, 1.82) is 0 Å². The van der Waals surface area contributed by atoms with Gasteiger partial charge in [0.05, 0.1) is 30.0 Å². The monoisotopic (exact) mass is 947 g/mol. The average Bonchev–Trinajstić information content (AvgIpc) is 3.36. The van der Waals surface area contributed by atoms with Crippen molar-refractivity contribution in [2.75, 3.05) is 75.7 Å². The number of halogens is 4. The van der Waals surface area contributed by atoms with E-state index in [1.807, 2.05) is 13.0 Å². The normalized spacial score (nSPS) is 17.8. The first-order chi connectivity index (χ1) is 33.3. The van der Waals surface area contributed by atoms with E-state index in [2.05, 4.69) is 70.6 Å². The van der Waals surface area contributed by atoms with E-state index in [0.29, 0.717) is 37.4 Å². The van der Waals surface area contributed by atoms with Crippen LogP contribution in [-0.2, 0) is 0 Å². The van der Waals surface area contributed by atoms with Crippen LogP contribution in [0.15, 0.2) is 73.6 Å². The molecule has 3 aliphatic heterocycles. The maximum Gasteiger partial charge on any atom is 0.279 e. The Morgan fingerprint density at radius 2 is 1.26 bits per heavy atom. The van der Waals surface area contributed by atoms with Gasteiger partial charge in [0.15, 0.2) is 46.3 Å². The zero-order valence-corrected chi connectivity index (χ0v) is 37.5. The van der Waals surface area contributed by atoms with Crippen LogP contribution in [0.3, 0.4) is 0 Å². The molecule has 0 spiro atoms. The van der Waals surface area contributed by atoms with Gasteiger partial charge >= 0.3 is 0 Å². The van der Waals surface area contributed by atoms with Crippen LogP contribution in [0.1, 0.15) is 72.8 Å². The second-order valence-electron chi connectivity index (χ2n) is 17.2. The molecule has 0 aromatic carbocycles. The molecule has 358 valence electrons. The first kappa shape index (κ1) is 46.4. The lowest BCUT2D eigenvalue weighted by Gasteiger charge is -2.40. The largest absolute Gasteiger partial charge is 0.382 e. The fourth-order valence-corrected chi connectivity index (χ4v) is 8.62. The molecule has 0 aliphatic carbocycles. The number of hydrogen-bond acceptors (Lipinski definition) is 17. The molecule has 3 saturated heterocycles. The SMILES string of the molecule is CCC1(N)CCN(c2cccnc2NC(=O)c2nc(-c3ncccc3F)cnc2NC2CN(c3ncc(F)c(-c4cnc(N)c(C(=O)Nc5ncccc5N5CCCCC5)n4)n3)CCC2(F)F)CC1. The van der Waals surface area contributed by atoms with Crippen molar-refractivity contribution < 1.29 is 27.2 Å². The predicted molar refractivity (Wildman–Crippen MR) is 251 cm³/mol. The number of aromatic nitrogens is 9. The van der Waals surface area contributed by atoms with Gasteiger partial charge in [-0.2, -0.15) is 0 Å². The van der Waals surface area contributed by atoms with Crippen molar-refractivity contribution in [1.82, 2.24) is 44.9 Å². The van der Waals surface area contributed by atoms with E-state index in [1.165, 1.54) is 23.4 Å². The van der Waals surface area contributed by atoms with Gasteiger partial charge in [0.2, 0.25) is 5.95 Å². The average molecular weight is 948 g/mol. The number of alkyl halides is 2. The van der Waals surface area contributed by atoms with Gasteiger partial charge in [-0.05, 0) is 74.9 Å². The summed E-state index contributed by atoms with van der Waals surface area (Å²) in [4.78, 5) is 72.0. The van der Waals surface area contributed by atoms with Crippen LogP contribution >= 0.6 is 0 Å². The Balaban J connectivity index is 0.975. The smallest absolute Gasteiger partial charge is 0.279 e. The van der Waals surface area contributed by atoms with Gasteiger partial charge in [-0.15, -0.1) is 0 Å². The molecule has 0 saturated carbocycles. The molecule has 9 rings (SSSR count). The highest BCUT2D eigenvalue weighted by molar-refractivity contribution is 6.08. The van der Waals surface area contributed by atoms with Crippen molar-refractivity contribution in [3.05, 3.63) is 96.6 Å². The number of nitrogens with zero attached hydrogens (tertiary/aromatic N) is 12. The van der Waals surface area contributed by atoms with Crippen molar-refractivity contribution >= 4 is 52.4 Å². The number of nitrogens with one attached hydrogen (secondary N) is 3. The summed E-state index contributed by atoms with van der Waals surface area (Å²) >= 11 is 0. The Hall–Kier alpha value is -7.69. The van der Waals surface area contributed by atoms with Crippen molar-refractivity contribution in [3.8, 4) is 22.8 Å². The van der Waals surface area contributed by atoms with Gasteiger partial charge in [-0.25, -0.2) is 57.4 Å². The minimum Gasteiger partial charge on any atom is -0.382 e. The maximum absolute atomic E-state index is 16.0. The third-order valence-electron chi connectivity index (χ3n) is 12.7. The van der Waals surface area contributed by atoms with Gasteiger partial charge < -0.3 is 42.1 Å². The minimum atomic E-state index is -3.40. The summed E-state index contributed by atoms with van der Waals surface area (Å²) in [6.45, 7) is 4.10. The highest BCUT2D eigenvalue weighted by Gasteiger charge is 2.46. The van der Waals surface area contributed by atoms with Crippen LogP contribution in [0.25, 0.3) is 22.8 Å². The Kier molecular flexibility index (Phi) is 13.1. The number of hydrogen-bond donors (Lipinski definition) is 5. The van der Waals surface area contributed by atoms with E-state index >= 15 is 17.6 Å². The fraction of sp³-hybridized carbons (Fsp3) is 0.370. The number of carbonyl (C=O) groups is 2. The third kappa shape index (κ3) is 9.98. The molecule has 2 amide bonds.